The van der Waals surface area contributed by atoms with Crippen LogP contribution in [0.5, 0.6) is 5.75 Å². The summed E-state index contributed by atoms with van der Waals surface area (Å²) in [5.74, 6) is -0.723. The number of anilines is 1. The fourth-order valence-electron chi connectivity index (χ4n) is 2.92. The number of carbonyl (C=O) groups is 3. The highest BCUT2D eigenvalue weighted by Gasteiger charge is 2.26. The van der Waals surface area contributed by atoms with E-state index in [0.29, 0.717) is 28.5 Å². The molecule has 2 aromatic carbocycles. The molecular formula is C24H23NO5S. The number of benzene rings is 2. The highest BCUT2D eigenvalue weighted by atomic mass is 32.1. The van der Waals surface area contributed by atoms with Gasteiger partial charge < -0.3 is 14.8 Å². The van der Waals surface area contributed by atoms with E-state index in [1.54, 1.807) is 66.0 Å². The quantitative estimate of drug-likeness (QED) is 0.355. The normalized spacial score (nSPS) is 11.4. The molecule has 1 unspecified atom stereocenters. The summed E-state index contributed by atoms with van der Waals surface area (Å²) in [5.41, 5.74) is 1.02. The van der Waals surface area contributed by atoms with Gasteiger partial charge in [0.1, 0.15) is 5.75 Å². The lowest BCUT2D eigenvalue weighted by atomic mass is 10.1. The Balaban J connectivity index is 1.70. The summed E-state index contributed by atoms with van der Waals surface area (Å²) in [7, 11) is 0. The maximum Gasteiger partial charge on any atom is 0.307 e. The van der Waals surface area contributed by atoms with Crippen LogP contribution in [0.15, 0.2) is 72.1 Å². The molecule has 7 heteroatoms. The molecule has 0 saturated carbocycles. The number of esters is 1. The third kappa shape index (κ3) is 6.26. The number of rotatable bonds is 10. The summed E-state index contributed by atoms with van der Waals surface area (Å²) in [6.07, 6.45) is -1.24. The number of amides is 1. The molecule has 1 N–H and O–H groups in total. The molecule has 1 aromatic heterocycles. The van der Waals surface area contributed by atoms with Crippen molar-refractivity contribution in [2.24, 2.45) is 0 Å². The molecule has 0 spiro atoms. The van der Waals surface area contributed by atoms with Gasteiger partial charge in [0.25, 0.3) is 5.91 Å². The Labute approximate surface area is 184 Å². The number of Topliss-reactive ketones (excluding diaryl/α,β-unsaturated/α-hetero) is 1. The SMILES string of the molecule is CCOc1ccccc1NC(=O)C(OC(=O)CCC(=O)c1cccs1)c1ccccc1. The van der Waals surface area contributed by atoms with Crippen LogP contribution in [0, 0.1) is 0 Å². The third-order valence-corrected chi connectivity index (χ3v) is 5.30. The molecule has 0 aliphatic heterocycles. The second kappa shape index (κ2) is 11.1. The number of ketones is 1. The lowest BCUT2D eigenvalue weighted by Gasteiger charge is -2.19. The molecule has 0 fully saturated rings. The van der Waals surface area contributed by atoms with Crippen molar-refractivity contribution in [2.45, 2.75) is 25.9 Å². The molecular weight excluding hydrogens is 414 g/mol. The van der Waals surface area contributed by atoms with Crippen LogP contribution in [0.4, 0.5) is 5.69 Å². The number of ether oxygens (including phenoxy) is 2. The van der Waals surface area contributed by atoms with E-state index in [-0.39, 0.29) is 18.6 Å². The molecule has 1 atom stereocenters. The molecule has 1 amide bonds. The zero-order valence-corrected chi connectivity index (χ0v) is 17.9. The van der Waals surface area contributed by atoms with Gasteiger partial charge in [-0.2, -0.15) is 0 Å². The average Bonchev–Trinajstić information content (AvgIpc) is 3.33. The van der Waals surface area contributed by atoms with Crippen LogP contribution in [0.2, 0.25) is 0 Å². The Bertz CT molecular complexity index is 1020. The smallest absolute Gasteiger partial charge is 0.307 e. The molecule has 3 aromatic rings. The van der Waals surface area contributed by atoms with Gasteiger partial charge >= 0.3 is 5.97 Å². The van der Waals surface area contributed by atoms with Gasteiger partial charge in [0.15, 0.2) is 5.78 Å². The van der Waals surface area contributed by atoms with Gasteiger partial charge in [-0.25, -0.2) is 0 Å². The number of para-hydroxylation sites is 2. The van der Waals surface area contributed by atoms with E-state index in [0.717, 1.165) is 0 Å². The second-order valence-corrected chi connectivity index (χ2v) is 7.55. The number of hydrogen-bond donors (Lipinski definition) is 1. The Hall–Kier alpha value is -3.45. The van der Waals surface area contributed by atoms with Gasteiger partial charge in [0.05, 0.1) is 23.6 Å². The second-order valence-electron chi connectivity index (χ2n) is 6.60. The number of carbonyl (C=O) groups excluding carboxylic acids is 3. The van der Waals surface area contributed by atoms with E-state index in [9.17, 15) is 14.4 Å². The van der Waals surface area contributed by atoms with E-state index < -0.39 is 18.0 Å². The monoisotopic (exact) mass is 437 g/mol. The van der Waals surface area contributed by atoms with Crippen LogP contribution in [0.3, 0.4) is 0 Å². The Morgan fingerprint density at radius 3 is 2.39 bits per heavy atom. The van der Waals surface area contributed by atoms with Gasteiger partial charge in [0.2, 0.25) is 6.10 Å². The van der Waals surface area contributed by atoms with Crippen LogP contribution in [0.1, 0.15) is 41.1 Å². The predicted octanol–water partition coefficient (Wildman–Crippen LogP) is 5.03. The molecule has 160 valence electrons. The van der Waals surface area contributed by atoms with E-state index in [2.05, 4.69) is 5.32 Å². The summed E-state index contributed by atoms with van der Waals surface area (Å²) >= 11 is 1.33. The fourth-order valence-corrected chi connectivity index (χ4v) is 3.61. The first-order valence-corrected chi connectivity index (χ1v) is 10.8. The van der Waals surface area contributed by atoms with Gasteiger partial charge in [-0.15, -0.1) is 11.3 Å². The molecule has 6 nitrogen and oxygen atoms in total. The highest BCUT2D eigenvalue weighted by Crippen LogP contribution is 2.27. The van der Waals surface area contributed by atoms with Crippen LogP contribution in [-0.4, -0.2) is 24.3 Å². The molecule has 0 radical (unpaired) electrons. The standard InChI is InChI=1S/C24H23NO5S/c1-2-29-20-12-7-6-11-18(20)25-24(28)23(17-9-4-3-5-10-17)30-22(27)15-14-19(26)21-13-8-16-31-21/h3-13,16,23H,2,14-15H2,1H3,(H,25,28). The predicted molar refractivity (Wildman–Crippen MR) is 119 cm³/mol. The van der Waals surface area contributed by atoms with E-state index in [1.807, 2.05) is 13.0 Å². The zero-order chi connectivity index (χ0) is 22.1. The summed E-state index contributed by atoms with van der Waals surface area (Å²) in [4.78, 5) is 38.2. The van der Waals surface area contributed by atoms with Crippen LogP contribution in [-0.2, 0) is 14.3 Å². The van der Waals surface area contributed by atoms with Crippen molar-refractivity contribution in [3.63, 3.8) is 0 Å². The summed E-state index contributed by atoms with van der Waals surface area (Å²) in [6.45, 7) is 2.30. The topological polar surface area (TPSA) is 81.7 Å². The van der Waals surface area contributed by atoms with E-state index in [4.69, 9.17) is 9.47 Å². The largest absolute Gasteiger partial charge is 0.492 e. The van der Waals surface area contributed by atoms with Crippen LogP contribution < -0.4 is 10.1 Å². The van der Waals surface area contributed by atoms with Gasteiger partial charge in [-0.3, -0.25) is 14.4 Å². The average molecular weight is 438 g/mol. The molecule has 31 heavy (non-hydrogen) atoms. The van der Waals surface area contributed by atoms with E-state index >= 15 is 0 Å². The molecule has 3 rings (SSSR count). The van der Waals surface area contributed by atoms with Crippen molar-refractivity contribution >= 4 is 34.7 Å². The molecule has 0 bridgehead atoms. The van der Waals surface area contributed by atoms with Crippen molar-refractivity contribution in [3.05, 3.63) is 82.6 Å². The Morgan fingerprint density at radius 1 is 0.935 bits per heavy atom. The minimum atomic E-state index is -1.15. The van der Waals surface area contributed by atoms with Crippen LogP contribution in [0.25, 0.3) is 0 Å². The van der Waals surface area contributed by atoms with Crippen molar-refractivity contribution in [3.8, 4) is 5.75 Å². The molecule has 0 aliphatic carbocycles. The minimum absolute atomic E-state index is 0.0235. The first-order valence-electron chi connectivity index (χ1n) is 9.92. The maximum absolute atomic E-state index is 13.0. The van der Waals surface area contributed by atoms with Crippen molar-refractivity contribution in [1.82, 2.24) is 0 Å². The number of hydrogen-bond acceptors (Lipinski definition) is 6. The molecule has 0 aliphatic rings. The summed E-state index contributed by atoms with van der Waals surface area (Å²) in [6, 6.07) is 19.3. The maximum atomic E-state index is 13.0. The summed E-state index contributed by atoms with van der Waals surface area (Å²) < 4.78 is 11.0. The lowest BCUT2D eigenvalue weighted by molar-refractivity contribution is -0.154. The number of thiophene rings is 1. The van der Waals surface area contributed by atoms with Gasteiger partial charge in [0, 0.05) is 12.0 Å². The first-order chi connectivity index (χ1) is 15.1. The zero-order valence-electron chi connectivity index (χ0n) is 17.1. The number of nitrogens with one attached hydrogen (secondary N) is 1. The minimum Gasteiger partial charge on any atom is -0.492 e. The van der Waals surface area contributed by atoms with Crippen molar-refractivity contribution in [1.29, 1.82) is 0 Å². The lowest BCUT2D eigenvalue weighted by Crippen LogP contribution is -2.26. The fraction of sp³-hybridized carbons (Fsp3) is 0.208. The van der Waals surface area contributed by atoms with Crippen molar-refractivity contribution in [2.75, 3.05) is 11.9 Å². The van der Waals surface area contributed by atoms with E-state index in [1.165, 1.54) is 11.3 Å². The van der Waals surface area contributed by atoms with Gasteiger partial charge in [-0.05, 0) is 30.5 Å². The van der Waals surface area contributed by atoms with Crippen molar-refractivity contribution < 1.29 is 23.9 Å². The van der Waals surface area contributed by atoms with Crippen LogP contribution >= 0.6 is 11.3 Å². The Kier molecular flexibility index (Phi) is 7.95. The molecule has 0 saturated heterocycles. The third-order valence-electron chi connectivity index (χ3n) is 4.39. The van der Waals surface area contributed by atoms with Gasteiger partial charge in [-0.1, -0.05) is 48.5 Å². The summed E-state index contributed by atoms with van der Waals surface area (Å²) in [5, 5.41) is 4.59. The molecule has 1 heterocycles. The first kappa shape index (κ1) is 22.2. The highest BCUT2D eigenvalue weighted by molar-refractivity contribution is 7.12. The Morgan fingerprint density at radius 2 is 1.68 bits per heavy atom.